The Labute approximate surface area is 190 Å². The molecule has 4 rings (SSSR count). The minimum absolute atomic E-state index is 0.0379. The summed E-state index contributed by atoms with van der Waals surface area (Å²) in [5.74, 6) is 0.806. The Kier molecular flexibility index (Phi) is 6.65. The zero-order valence-corrected chi connectivity index (χ0v) is 18.7. The molecule has 1 aliphatic heterocycles. The summed E-state index contributed by atoms with van der Waals surface area (Å²) in [5.41, 5.74) is 1.22. The second kappa shape index (κ2) is 9.78. The second-order valence-electron chi connectivity index (χ2n) is 7.46. The Morgan fingerprint density at radius 3 is 2.47 bits per heavy atom. The van der Waals surface area contributed by atoms with Gasteiger partial charge in [-0.25, -0.2) is 0 Å². The van der Waals surface area contributed by atoms with Crippen LogP contribution in [-0.2, 0) is 0 Å². The number of likely N-dealkylation sites (tertiary alicyclic amines) is 1. The second-order valence-corrected chi connectivity index (χ2v) is 8.47. The summed E-state index contributed by atoms with van der Waals surface area (Å²) in [4.78, 5) is 27.5. The molecular formula is C23H24N4O4S. The summed E-state index contributed by atoms with van der Waals surface area (Å²) in [7, 11) is 3.11. The van der Waals surface area contributed by atoms with Crippen molar-refractivity contribution in [2.45, 2.75) is 18.8 Å². The van der Waals surface area contributed by atoms with Crippen molar-refractivity contribution >= 4 is 28.8 Å². The molecular weight excluding hydrogens is 428 g/mol. The molecule has 1 saturated heterocycles. The van der Waals surface area contributed by atoms with Crippen LogP contribution in [0.3, 0.4) is 0 Å². The van der Waals surface area contributed by atoms with Gasteiger partial charge in [0, 0.05) is 36.3 Å². The molecule has 1 atom stereocenters. The quantitative estimate of drug-likeness (QED) is 0.611. The highest BCUT2D eigenvalue weighted by Crippen LogP contribution is 2.31. The molecule has 8 nitrogen and oxygen atoms in total. The highest BCUT2D eigenvalue weighted by Gasteiger charge is 2.29. The van der Waals surface area contributed by atoms with Crippen LogP contribution in [-0.4, -0.2) is 54.2 Å². The van der Waals surface area contributed by atoms with Crippen LogP contribution in [0.25, 0.3) is 0 Å². The Hall–Kier alpha value is -3.46. The van der Waals surface area contributed by atoms with E-state index in [9.17, 15) is 9.59 Å². The van der Waals surface area contributed by atoms with Gasteiger partial charge in [-0.15, -0.1) is 10.2 Å². The molecule has 1 fully saturated rings. The predicted octanol–water partition coefficient (Wildman–Crippen LogP) is 3.83. The summed E-state index contributed by atoms with van der Waals surface area (Å²) >= 11 is 1.28. The van der Waals surface area contributed by atoms with Gasteiger partial charge in [-0.1, -0.05) is 29.5 Å². The van der Waals surface area contributed by atoms with Crippen molar-refractivity contribution in [1.82, 2.24) is 15.1 Å². The number of rotatable bonds is 6. The van der Waals surface area contributed by atoms with Crippen LogP contribution < -0.4 is 14.8 Å². The van der Waals surface area contributed by atoms with Crippen molar-refractivity contribution in [3.63, 3.8) is 0 Å². The number of carbonyl (C=O) groups excluding carboxylic acids is 2. The smallest absolute Gasteiger partial charge is 0.286 e. The molecule has 2 heterocycles. The fourth-order valence-electron chi connectivity index (χ4n) is 3.67. The van der Waals surface area contributed by atoms with E-state index in [0.29, 0.717) is 40.8 Å². The number of nitrogens with one attached hydrogen (secondary N) is 1. The normalized spacial score (nSPS) is 15.8. The average Bonchev–Trinajstić information content (AvgIpc) is 3.34. The maximum absolute atomic E-state index is 13.1. The maximum Gasteiger partial charge on any atom is 0.286 e. The van der Waals surface area contributed by atoms with Gasteiger partial charge in [0.2, 0.25) is 5.01 Å². The predicted molar refractivity (Wildman–Crippen MR) is 122 cm³/mol. The van der Waals surface area contributed by atoms with E-state index in [4.69, 9.17) is 9.47 Å². The van der Waals surface area contributed by atoms with Crippen LogP contribution in [0.1, 0.15) is 43.9 Å². The van der Waals surface area contributed by atoms with Gasteiger partial charge in [0.25, 0.3) is 11.8 Å². The lowest BCUT2D eigenvalue weighted by Crippen LogP contribution is -2.39. The number of para-hydroxylation sites is 1. The fraction of sp³-hybridized carbons (Fsp3) is 0.304. The first-order chi connectivity index (χ1) is 15.6. The lowest BCUT2D eigenvalue weighted by Gasteiger charge is -2.31. The molecule has 0 spiro atoms. The monoisotopic (exact) mass is 452 g/mol. The van der Waals surface area contributed by atoms with E-state index < -0.39 is 0 Å². The molecule has 0 bridgehead atoms. The van der Waals surface area contributed by atoms with Gasteiger partial charge in [-0.2, -0.15) is 0 Å². The first-order valence-electron chi connectivity index (χ1n) is 10.3. The number of aromatic nitrogens is 2. The molecule has 1 unspecified atom stereocenters. The van der Waals surface area contributed by atoms with E-state index in [1.165, 1.54) is 11.3 Å². The van der Waals surface area contributed by atoms with E-state index in [-0.39, 0.29) is 17.7 Å². The van der Waals surface area contributed by atoms with Crippen molar-refractivity contribution in [3.05, 3.63) is 64.1 Å². The average molecular weight is 453 g/mol. The van der Waals surface area contributed by atoms with Crippen LogP contribution in [0, 0.1) is 0 Å². The van der Waals surface area contributed by atoms with Gasteiger partial charge < -0.3 is 19.7 Å². The zero-order valence-electron chi connectivity index (χ0n) is 17.9. The molecule has 3 aromatic rings. The van der Waals surface area contributed by atoms with Crippen LogP contribution in [0.5, 0.6) is 11.5 Å². The van der Waals surface area contributed by atoms with Gasteiger partial charge in [0.1, 0.15) is 16.5 Å². The Morgan fingerprint density at radius 1 is 1.06 bits per heavy atom. The first-order valence-corrected chi connectivity index (χ1v) is 11.1. The number of benzene rings is 2. The Morgan fingerprint density at radius 2 is 1.78 bits per heavy atom. The van der Waals surface area contributed by atoms with Crippen LogP contribution >= 0.6 is 11.3 Å². The van der Waals surface area contributed by atoms with Gasteiger partial charge >= 0.3 is 0 Å². The largest absolute Gasteiger partial charge is 0.497 e. The van der Waals surface area contributed by atoms with Crippen molar-refractivity contribution in [2.24, 2.45) is 0 Å². The fourth-order valence-corrected chi connectivity index (χ4v) is 4.54. The topological polar surface area (TPSA) is 93.7 Å². The third-order valence-corrected chi connectivity index (χ3v) is 6.41. The Balaban J connectivity index is 1.45. The van der Waals surface area contributed by atoms with E-state index in [1.807, 2.05) is 35.2 Å². The van der Waals surface area contributed by atoms with Gasteiger partial charge in [-0.05, 0) is 37.1 Å². The summed E-state index contributed by atoms with van der Waals surface area (Å²) in [5, 5.41) is 12.2. The molecule has 0 saturated carbocycles. The molecule has 1 N–H and O–H groups in total. The highest BCUT2D eigenvalue weighted by atomic mass is 32.1. The van der Waals surface area contributed by atoms with Crippen molar-refractivity contribution in [2.75, 3.05) is 32.6 Å². The summed E-state index contributed by atoms with van der Waals surface area (Å²) in [6, 6.07) is 14.4. The number of ether oxygens (including phenoxy) is 2. The van der Waals surface area contributed by atoms with Crippen LogP contribution in [0.15, 0.2) is 48.5 Å². The molecule has 1 aromatic heterocycles. The standard InChI is InChI=1S/C23H24N4O4S/c1-30-18-11-16(12-19(13-18)31-2)23(29)27-10-6-7-15(14-27)21-25-26-22(32-21)20(28)24-17-8-4-3-5-9-17/h3-5,8-9,11-13,15H,6-7,10,14H2,1-2H3,(H,24,28). The highest BCUT2D eigenvalue weighted by molar-refractivity contribution is 7.13. The van der Waals surface area contributed by atoms with Gasteiger partial charge in [0.05, 0.1) is 14.2 Å². The summed E-state index contributed by atoms with van der Waals surface area (Å²) < 4.78 is 10.6. The SMILES string of the molecule is COc1cc(OC)cc(C(=O)N2CCCC(c3nnc(C(=O)Nc4ccccc4)s3)C2)c1. The van der Waals surface area contributed by atoms with Crippen LogP contribution in [0.4, 0.5) is 5.69 Å². The minimum Gasteiger partial charge on any atom is -0.497 e. The van der Waals surface area contributed by atoms with Gasteiger partial charge in [-0.3, -0.25) is 9.59 Å². The molecule has 2 aromatic carbocycles. The number of piperidine rings is 1. The number of anilines is 1. The molecule has 1 aliphatic rings. The molecule has 32 heavy (non-hydrogen) atoms. The number of hydrogen-bond acceptors (Lipinski definition) is 7. The number of carbonyl (C=O) groups is 2. The molecule has 9 heteroatoms. The van der Waals surface area contributed by atoms with Crippen molar-refractivity contribution in [1.29, 1.82) is 0 Å². The van der Waals surface area contributed by atoms with Crippen LogP contribution in [0.2, 0.25) is 0 Å². The van der Waals surface area contributed by atoms with E-state index in [2.05, 4.69) is 15.5 Å². The number of nitrogens with zero attached hydrogens (tertiary/aromatic N) is 3. The number of methoxy groups -OCH3 is 2. The summed E-state index contributed by atoms with van der Waals surface area (Å²) in [6.45, 7) is 1.18. The van der Waals surface area contributed by atoms with Crippen molar-refractivity contribution in [3.8, 4) is 11.5 Å². The number of amides is 2. The lowest BCUT2D eigenvalue weighted by atomic mass is 9.98. The first kappa shape index (κ1) is 21.8. The molecule has 0 radical (unpaired) electrons. The van der Waals surface area contributed by atoms with E-state index in [1.54, 1.807) is 32.4 Å². The summed E-state index contributed by atoms with van der Waals surface area (Å²) in [6.07, 6.45) is 1.74. The van der Waals surface area contributed by atoms with Crippen molar-refractivity contribution < 1.29 is 19.1 Å². The van der Waals surface area contributed by atoms with Gasteiger partial charge in [0.15, 0.2) is 0 Å². The molecule has 0 aliphatic carbocycles. The maximum atomic E-state index is 13.1. The lowest BCUT2D eigenvalue weighted by molar-refractivity contribution is 0.0706. The third-order valence-electron chi connectivity index (χ3n) is 5.32. The van der Waals surface area contributed by atoms with E-state index in [0.717, 1.165) is 17.8 Å². The molecule has 166 valence electrons. The van der Waals surface area contributed by atoms with E-state index >= 15 is 0 Å². The third kappa shape index (κ3) is 4.88. The number of hydrogen-bond donors (Lipinski definition) is 1. The molecule has 2 amide bonds. The minimum atomic E-state index is -0.285. The zero-order chi connectivity index (χ0) is 22.5. The Bertz CT molecular complexity index is 1080.